The van der Waals surface area contributed by atoms with Gasteiger partial charge in [-0.05, 0) is 41.8 Å². The largest absolute Gasteiger partial charge is 0.492 e. The van der Waals surface area contributed by atoms with E-state index in [4.69, 9.17) is 9.47 Å². The summed E-state index contributed by atoms with van der Waals surface area (Å²) in [6.45, 7) is 0.959. The molecule has 5 rings (SSSR count). The van der Waals surface area contributed by atoms with E-state index in [-0.39, 0.29) is 30.8 Å². The highest BCUT2D eigenvalue weighted by Gasteiger charge is 2.32. The molecule has 1 fully saturated rings. The number of aliphatic hydroxyl groups is 1. The van der Waals surface area contributed by atoms with E-state index < -0.39 is 18.2 Å². The third kappa shape index (κ3) is 5.85. The van der Waals surface area contributed by atoms with Gasteiger partial charge >= 0.3 is 6.03 Å². The third-order valence-corrected chi connectivity index (χ3v) is 6.66. The van der Waals surface area contributed by atoms with E-state index in [2.05, 4.69) is 10.4 Å². The number of halogens is 1. The molecule has 1 saturated heterocycles. The van der Waals surface area contributed by atoms with Gasteiger partial charge in [0.2, 0.25) is 0 Å². The summed E-state index contributed by atoms with van der Waals surface area (Å²) in [4.78, 5) is 40.8. The second-order valence-corrected chi connectivity index (χ2v) is 9.42. The van der Waals surface area contributed by atoms with Gasteiger partial charge in [-0.25, -0.2) is 9.18 Å². The molecule has 2 N–H and O–H groups in total. The summed E-state index contributed by atoms with van der Waals surface area (Å²) < 4.78 is 26.1. The van der Waals surface area contributed by atoms with Crippen LogP contribution < -0.4 is 19.7 Å². The molecule has 2 aliphatic rings. The van der Waals surface area contributed by atoms with Crippen LogP contribution in [0.15, 0.2) is 54.9 Å². The van der Waals surface area contributed by atoms with Crippen molar-refractivity contribution < 1.29 is 33.4 Å². The minimum absolute atomic E-state index is 0.0844. The lowest BCUT2D eigenvalue weighted by molar-refractivity contribution is -0.134. The number of aliphatic hydroxyl groups excluding tert-OH is 1. The molecule has 3 amide bonds. The summed E-state index contributed by atoms with van der Waals surface area (Å²) in [5.74, 6) is -0.0979. The number of amides is 3. The number of hydrogen-bond donors (Lipinski definition) is 2. The zero-order valence-corrected chi connectivity index (χ0v) is 21.2. The predicted molar refractivity (Wildman–Crippen MR) is 137 cm³/mol. The quantitative estimate of drug-likeness (QED) is 0.469. The zero-order valence-electron chi connectivity index (χ0n) is 21.2. The van der Waals surface area contributed by atoms with Crippen LogP contribution in [0, 0.1) is 5.82 Å². The Morgan fingerprint density at radius 2 is 2.05 bits per heavy atom. The van der Waals surface area contributed by atoms with E-state index in [1.807, 2.05) is 0 Å². The van der Waals surface area contributed by atoms with Crippen LogP contribution in [0.5, 0.6) is 11.5 Å². The van der Waals surface area contributed by atoms with Crippen molar-refractivity contribution >= 4 is 23.5 Å². The number of aromatic nitrogens is 2. The molecule has 12 heteroatoms. The highest BCUT2D eigenvalue weighted by Crippen LogP contribution is 2.34. The molecular formula is C27H28FN5O6. The van der Waals surface area contributed by atoms with Gasteiger partial charge in [0.1, 0.15) is 42.7 Å². The Balaban J connectivity index is 1.19. The van der Waals surface area contributed by atoms with Crippen molar-refractivity contribution in [3.63, 3.8) is 0 Å². The Kier molecular flexibility index (Phi) is 7.46. The maximum atomic E-state index is 13.5. The molecule has 3 heterocycles. The Morgan fingerprint density at radius 3 is 2.82 bits per heavy atom. The van der Waals surface area contributed by atoms with Crippen LogP contribution in [-0.4, -0.2) is 83.1 Å². The second kappa shape index (κ2) is 11.1. The first-order valence-electron chi connectivity index (χ1n) is 12.5. The highest BCUT2D eigenvalue weighted by molar-refractivity contribution is 6.00. The van der Waals surface area contributed by atoms with Crippen LogP contribution in [0.25, 0.3) is 0 Å². The van der Waals surface area contributed by atoms with Gasteiger partial charge in [-0.3, -0.25) is 9.59 Å². The smallest absolute Gasteiger partial charge is 0.342 e. The van der Waals surface area contributed by atoms with Gasteiger partial charge in [0, 0.05) is 32.3 Å². The number of ether oxygens (including phenoxy) is 2. The van der Waals surface area contributed by atoms with Crippen LogP contribution in [0.3, 0.4) is 0 Å². The lowest BCUT2D eigenvalue weighted by Crippen LogP contribution is -2.50. The number of anilines is 1. The number of fused-ring (bicyclic) bond motifs is 1. The number of carbonyl (C=O) groups is 3. The third-order valence-electron chi connectivity index (χ3n) is 6.66. The summed E-state index contributed by atoms with van der Waals surface area (Å²) in [7, 11) is 1.58. The van der Waals surface area contributed by atoms with E-state index in [0.717, 1.165) is 10.2 Å². The van der Waals surface area contributed by atoms with E-state index in [0.29, 0.717) is 48.7 Å². The number of benzene rings is 2. The molecule has 204 valence electrons. The van der Waals surface area contributed by atoms with Crippen molar-refractivity contribution in [2.75, 3.05) is 38.3 Å². The van der Waals surface area contributed by atoms with E-state index >= 15 is 0 Å². The molecule has 0 aliphatic carbocycles. The molecule has 2 atom stereocenters. The molecule has 0 unspecified atom stereocenters. The number of carbonyl (C=O) groups excluding carboxylic acids is 3. The zero-order chi connectivity index (χ0) is 27.5. The van der Waals surface area contributed by atoms with Crippen molar-refractivity contribution in [2.45, 2.75) is 25.0 Å². The van der Waals surface area contributed by atoms with Crippen molar-refractivity contribution in [1.29, 1.82) is 0 Å². The molecule has 0 saturated carbocycles. The number of nitrogens with zero attached hydrogens (tertiary/aromatic N) is 4. The number of rotatable bonds is 7. The van der Waals surface area contributed by atoms with Crippen molar-refractivity contribution in [3.05, 3.63) is 71.8 Å². The summed E-state index contributed by atoms with van der Waals surface area (Å²) >= 11 is 0. The van der Waals surface area contributed by atoms with Gasteiger partial charge in [0.25, 0.3) is 11.8 Å². The highest BCUT2D eigenvalue weighted by atomic mass is 19.1. The predicted octanol–water partition coefficient (Wildman–Crippen LogP) is 1.57. The van der Waals surface area contributed by atoms with Crippen LogP contribution in [0.4, 0.5) is 14.9 Å². The molecule has 1 aromatic heterocycles. The molecule has 39 heavy (non-hydrogen) atoms. The van der Waals surface area contributed by atoms with E-state index in [9.17, 15) is 23.9 Å². The molecule has 11 nitrogen and oxygen atoms in total. The van der Waals surface area contributed by atoms with Crippen LogP contribution >= 0.6 is 0 Å². The van der Waals surface area contributed by atoms with E-state index in [1.54, 1.807) is 42.3 Å². The average Bonchev–Trinajstić information content (AvgIpc) is 3.49. The fourth-order valence-corrected chi connectivity index (χ4v) is 4.55. The van der Waals surface area contributed by atoms with Gasteiger partial charge in [-0.2, -0.15) is 9.78 Å². The first-order chi connectivity index (χ1) is 18.8. The Morgan fingerprint density at radius 1 is 1.21 bits per heavy atom. The Bertz CT molecular complexity index is 1390. The standard InChI is InChI=1S/C27H28FN5O6/c1-31-22-13-20(38-10-9-32-8-7-23(34)26(32)36)5-6-24(22)39-16-21(25(31)35)30-27(37)33-15-18(14-29-33)11-17-3-2-4-19(28)12-17/h2-6,12-15,21,23,34H,7-11,16H2,1H3,(H,30,37)/t21-,23-/m0/s1. The normalized spacial score (nSPS) is 18.9. The first-order valence-corrected chi connectivity index (χ1v) is 12.5. The lowest BCUT2D eigenvalue weighted by atomic mass is 10.1. The fraction of sp³-hybridized carbons (Fsp3) is 0.333. The minimum atomic E-state index is -0.970. The minimum Gasteiger partial charge on any atom is -0.492 e. The van der Waals surface area contributed by atoms with Gasteiger partial charge in [-0.15, -0.1) is 0 Å². The van der Waals surface area contributed by atoms with Crippen molar-refractivity contribution in [3.8, 4) is 11.5 Å². The second-order valence-electron chi connectivity index (χ2n) is 9.42. The van der Waals surface area contributed by atoms with Gasteiger partial charge < -0.3 is 29.7 Å². The Hall–Kier alpha value is -4.45. The molecule has 0 bridgehead atoms. The van der Waals surface area contributed by atoms with Crippen LogP contribution in [0.1, 0.15) is 17.5 Å². The Labute approximate surface area is 223 Å². The van der Waals surface area contributed by atoms with Crippen molar-refractivity contribution in [2.24, 2.45) is 0 Å². The van der Waals surface area contributed by atoms with Crippen LogP contribution in [-0.2, 0) is 16.0 Å². The maximum absolute atomic E-state index is 13.5. The summed E-state index contributed by atoms with van der Waals surface area (Å²) in [5, 5.41) is 16.3. The molecule has 2 aromatic carbocycles. The number of likely N-dealkylation sites (N-methyl/N-ethyl adjacent to an activating group) is 1. The molecule has 3 aromatic rings. The topological polar surface area (TPSA) is 126 Å². The summed E-state index contributed by atoms with van der Waals surface area (Å²) in [6, 6.07) is 9.64. The molecule has 0 spiro atoms. The van der Waals surface area contributed by atoms with Gasteiger partial charge in [0.15, 0.2) is 0 Å². The molecule has 2 aliphatic heterocycles. The number of likely N-dealkylation sites (tertiary alicyclic amines) is 1. The molecule has 0 radical (unpaired) electrons. The van der Waals surface area contributed by atoms with Gasteiger partial charge in [0.05, 0.1) is 18.4 Å². The molecular weight excluding hydrogens is 509 g/mol. The summed E-state index contributed by atoms with van der Waals surface area (Å²) in [5.41, 5.74) is 1.92. The summed E-state index contributed by atoms with van der Waals surface area (Å²) in [6.07, 6.45) is 2.91. The van der Waals surface area contributed by atoms with Gasteiger partial charge in [-0.1, -0.05) is 12.1 Å². The fourth-order valence-electron chi connectivity index (χ4n) is 4.55. The maximum Gasteiger partial charge on any atom is 0.342 e. The first kappa shape index (κ1) is 26.2. The number of nitrogens with one attached hydrogen (secondary N) is 1. The van der Waals surface area contributed by atoms with Crippen molar-refractivity contribution in [1.82, 2.24) is 20.0 Å². The SMILES string of the molecule is CN1C(=O)[C@@H](NC(=O)n2cc(Cc3cccc(F)c3)cn2)COc2ccc(OCCN3CC[C@H](O)C3=O)cc21. The monoisotopic (exact) mass is 537 g/mol. The lowest BCUT2D eigenvalue weighted by Gasteiger charge is -2.21. The van der Waals surface area contributed by atoms with Crippen LogP contribution in [0.2, 0.25) is 0 Å². The van der Waals surface area contributed by atoms with E-state index in [1.165, 1.54) is 29.4 Å². The average molecular weight is 538 g/mol. The number of hydrogen-bond acceptors (Lipinski definition) is 7.